The smallest absolute Gasteiger partial charge is 0.161 e. The lowest BCUT2D eigenvalue weighted by Crippen LogP contribution is -1.91. The fourth-order valence-electron chi connectivity index (χ4n) is 2.61. The van der Waals surface area contributed by atoms with Crippen molar-refractivity contribution in [2.75, 3.05) is 0 Å². The molecule has 26 heavy (non-hydrogen) atoms. The van der Waals surface area contributed by atoms with Gasteiger partial charge in [-0.25, -0.2) is 9.97 Å². The number of hydrogen-bond donors (Lipinski definition) is 0. The SMILES string of the molecule is C=C/C=C(\N=C)c1nc(-c2cnc(-c3cccnc3)s2)cc2ccoc12. The lowest BCUT2D eigenvalue weighted by Gasteiger charge is -2.04. The number of pyridine rings is 2. The topological polar surface area (TPSA) is 64.2 Å². The zero-order valence-electron chi connectivity index (χ0n) is 13.8. The molecule has 0 saturated carbocycles. The Hall–Kier alpha value is -3.38. The summed E-state index contributed by atoms with van der Waals surface area (Å²) < 4.78 is 5.60. The molecule has 6 heteroatoms. The molecule has 0 unspecified atom stereocenters. The van der Waals surface area contributed by atoms with Gasteiger partial charge in [0.1, 0.15) is 10.7 Å². The Labute approximate surface area is 154 Å². The van der Waals surface area contributed by atoms with Crippen LogP contribution in [0, 0.1) is 0 Å². The van der Waals surface area contributed by atoms with Gasteiger partial charge in [-0.1, -0.05) is 12.7 Å². The van der Waals surface area contributed by atoms with Gasteiger partial charge in [0.05, 0.1) is 22.5 Å². The van der Waals surface area contributed by atoms with Gasteiger partial charge < -0.3 is 4.42 Å². The Bertz CT molecular complexity index is 1130. The predicted molar refractivity (Wildman–Crippen MR) is 106 cm³/mol. The second-order valence-electron chi connectivity index (χ2n) is 5.41. The second-order valence-corrected chi connectivity index (χ2v) is 6.44. The first kappa shape index (κ1) is 16.1. The molecule has 0 radical (unpaired) electrons. The summed E-state index contributed by atoms with van der Waals surface area (Å²) in [5, 5.41) is 1.84. The summed E-state index contributed by atoms with van der Waals surface area (Å²) in [4.78, 5) is 18.4. The number of furan rings is 1. The van der Waals surface area contributed by atoms with Crippen molar-refractivity contribution in [3.05, 3.63) is 73.5 Å². The quantitative estimate of drug-likeness (QED) is 0.361. The highest BCUT2D eigenvalue weighted by Gasteiger charge is 2.15. The maximum absolute atomic E-state index is 5.60. The van der Waals surface area contributed by atoms with Crippen molar-refractivity contribution in [1.29, 1.82) is 0 Å². The van der Waals surface area contributed by atoms with Crippen molar-refractivity contribution in [2.45, 2.75) is 0 Å². The van der Waals surface area contributed by atoms with Crippen LogP contribution in [-0.4, -0.2) is 21.7 Å². The van der Waals surface area contributed by atoms with Crippen LogP contribution in [0.1, 0.15) is 5.69 Å². The number of allylic oxidation sites excluding steroid dienone is 2. The molecular weight excluding hydrogens is 344 g/mol. The highest BCUT2D eigenvalue weighted by Crippen LogP contribution is 2.34. The number of fused-ring (bicyclic) bond motifs is 1. The number of aliphatic imine (C=N–C) groups is 1. The standard InChI is InChI=1S/C20H14N4OS/c1-3-5-15(21-2)18-19-13(7-9-25-19)10-16(24-18)17-12-23-20(26-17)14-6-4-8-22-11-14/h3-12H,1-2H2/b15-5-. The molecule has 0 aliphatic rings. The maximum Gasteiger partial charge on any atom is 0.161 e. The molecule has 5 nitrogen and oxygen atoms in total. The third-order valence-corrected chi connectivity index (χ3v) is 4.86. The molecule has 0 aliphatic heterocycles. The third kappa shape index (κ3) is 2.87. The van der Waals surface area contributed by atoms with Crippen LogP contribution in [0.5, 0.6) is 0 Å². The van der Waals surface area contributed by atoms with Crippen LogP contribution in [0.25, 0.3) is 37.8 Å². The minimum Gasteiger partial charge on any atom is -0.462 e. The van der Waals surface area contributed by atoms with E-state index in [0.29, 0.717) is 17.0 Å². The van der Waals surface area contributed by atoms with E-state index < -0.39 is 0 Å². The van der Waals surface area contributed by atoms with Gasteiger partial charge in [0.2, 0.25) is 0 Å². The van der Waals surface area contributed by atoms with Crippen molar-refractivity contribution >= 4 is 34.7 Å². The Morgan fingerprint density at radius 3 is 2.96 bits per heavy atom. The molecule has 0 saturated heterocycles. The zero-order chi connectivity index (χ0) is 17.9. The van der Waals surface area contributed by atoms with E-state index in [4.69, 9.17) is 9.40 Å². The summed E-state index contributed by atoms with van der Waals surface area (Å²) >= 11 is 1.56. The summed E-state index contributed by atoms with van der Waals surface area (Å²) in [6, 6.07) is 7.77. The first-order valence-corrected chi connectivity index (χ1v) is 8.66. The Morgan fingerprint density at radius 1 is 1.27 bits per heavy atom. The second kappa shape index (κ2) is 6.85. The van der Waals surface area contributed by atoms with Gasteiger partial charge in [-0.3, -0.25) is 9.98 Å². The first-order valence-electron chi connectivity index (χ1n) is 7.85. The van der Waals surface area contributed by atoms with Crippen molar-refractivity contribution < 1.29 is 4.42 Å². The average Bonchev–Trinajstić information content (AvgIpc) is 3.35. The Morgan fingerprint density at radius 2 is 2.19 bits per heavy atom. The Balaban J connectivity index is 1.85. The van der Waals surface area contributed by atoms with Crippen LogP contribution >= 0.6 is 11.3 Å². The summed E-state index contributed by atoms with van der Waals surface area (Å²) in [7, 11) is 0. The normalized spacial score (nSPS) is 11.6. The minimum absolute atomic E-state index is 0.610. The summed E-state index contributed by atoms with van der Waals surface area (Å²) in [5.41, 5.74) is 3.70. The summed E-state index contributed by atoms with van der Waals surface area (Å²) in [5.74, 6) is 0. The first-order chi connectivity index (χ1) is 12.8. The molecule has 0 N–H and O–H groups in total. The number of hydrogen-bond acceptors (Lipinski definition) is 6. The van der Waals surface area contributed by atoms with Crippen molar-refractivity contribution in [1.82, 2.24) is 15.0 Å². The average molecular weight is 358 g/mol. The van der Waals surface area contributed by atoms with Gasteiger partial charge in [0.15, 0.2) is 5.58 Å². The van der Waals surface area contributed by atoms with Gasteiger partial charge in [0, 0.05) is 29.5 Å². The van der Waals surface area contributed by atoms with Crippen molar-refractivity contribution in [3.8, 4) is 21.1 Å². The maximum atomic E-state index is 5.60. The predicted octanol–water partition coefficient (Wildman–Crippen LogP) is 5.24. The molecule has 0 aliphatic carbocycles. The summed E-state index contributed by atoms with van der Waals surface area (Å²) in [6.45, 7) is 7.35. The molecule has 4 heterocycles. The van der Waals surface area contributed by atoms with Gasteiger partial charge in [-0.2, -0.15) is 0 Å². The van der Waals surface area contributed by atoms with Gasteiger partial charge in [0.25, 0.3) is 0 Å². The van der Waals surface area contributed by atoms with E-state index in [1.54, 1.807) is 42.1 Å². The van der Waals surface area contributed by atoms with Crippen LogP contribution in [0.4, 0.5) is 0 Å². The van der Waals surface area contributed by atoms with Crippen LogP contribution in [0.2, 0.25) is 0 Å². The molecule has 0 atom stereocenters. The minimum atomic E-state index is 0.610. The van der Waals surface area contributed by atoms with Crippen LogP contribution in [-0.2, 0) is 0 Å². The van der Waals surface area contributed by atoms with Crippen molar-refractivity contribution in [3.63, 3.8) is 0 Å². The molecule has 126 valence electrons. The highest BCUT2D eigenvalue weighted by atomic mass is 32.1. The van der Waals surface area contributed by atoms with Gasteiger partial charge in [-0.05, 0) is 37.1 Å². The van der Waals surface area contributed by atoms with E-state index in [-0.39, 0.29) is 0 Å². The number of nitrogens with zero attached hydrogens (tertiary/aromatic N) is 4. The van der Waals surface area contributed by atoms with Crippen LogP contribution < -0.4 is 0 Å². The Kier molecular flexibility index (Phi) is 4.25. The number of thiazole rings is 1. The van der Waals surface area contributed by atoms with E-state index in [1.165, 1.54) is 0 Å². The fraction of sp³-hybridized carbons (Fsp3) is 0. The lowest BCUT2D eigenvalue weighted by atomic mass is 10.1. The van der Waals surface area contributed by atoms with Gasteiger partial charge in [-0.15, -0.1) is 11.3 Å². The zero-order valence-corrected chi connectivity index (χ0v) is 14.6. The fourth-order valence-corrected chi connectivity index (χ4v) is 3.48. The van der Waals surface area contributed by atoms with Crippen LogP contribution in [0.15, 0.2) is 77.3 Å². The molecule has 4 aromatic heterocycles. The molecular formula is C20H14N4OS. The number of rotatable bonds is 5. The highest BCUT2D eigenvalue weighted by molar-refractivity contribution is 7.18. The lowest BCUT2D eigenvalue weighted by molar-refractivity contribution is 0.613. The molecule has 0 amide bonds. The van der Waals surface area contributed by atoms with Crippen molar-refractivity contribution in [2.24, 2.45) is 4.99 Å². The largest absolute Gasteiger partial charge is 0.462 e. The third-order valence-electron chi connectivity index (χ3n) is 3.79. The molecule has 4 rings (SSSR count). The van der Waals surface area contributed by atoms with E-state index in [1.807, 2.05) is 30.5 Å². The summed E-state index contributed by atoms with van der Waals surface area (Å²) in [6.07, 6.45) is 10.4. The van der Waals surface area contributed by atoms with E-state index in [9.17, 15) is 0 Å². The molecule has 0 fully saturated rings. The molecule has 0 spiro atoms. The molecule has 0 bridgehead atoms. The van der Waals surface area contributed by atoms with E-state index >= 15 is 0 Å². The van der Waals surface area contributed by atoms with E-state index in [2.05, 4.69) is 28.3 Å². The number of aromatic nitrogens is 3. The monoisotopic (exact) mass is 358 g/mol. The van der Waals surface area contributed by atoms with Gasteiger partial charge >= 0.3 is 0 Å². The van der Waals surface area contributed by atoms with Crippen LogP contribution in [0.3, 0.4) is 0 Å². The molecule has 4 aromatic rings. The molecule has 0 aromatic carbocycles. The van der Waals surface area contributed by atoms with E-state index in [0.717, 1.165) is 26.5 Å².